The van der Waals surface area contributed by atoms with E-state index in [1.54, 1.807) is 19.2 Å². The van der Waals surface area contributed by atoms with Gasteiger partial charge in [-0.15, -0.1) is 0 Å². The molecule has 180 valence electrons. The predicted octanol–water partition coefficient (Wildman–Crippen LogP) is 5.71. The predicted molar refractivity (Wildman–Crippen MR) is 136 cm³/mol. The van der Waals surface area contributed by atoms with Gasteiger partial charge in [0.1, 0.15) is 0 Å². The van der Waals surface area contributed by atoms with Crippen LogP contribution in [-0.2, 0) is 16.6 Å². The van der Waals surface area contributed by atoms with Crippen LogP contribution in [0.15, 0.2) is 57.9 Å². The van der Waals surface area contributed by atoms with Gasteiger partial charge in [-0.3, -0.25) is 4.79 Å². The van der Waals surface area contributed by atoms with Crippen molar-refractivity contribution in [2.75, 3.05) is 13.6 Å². The first-order valence-electron chi connectivity index (χ1n) is 11.7. The molecule has 1 aliphatic rings. The number of hydrogen-bond donors (Lipinski definition) is 1. The fourth-order valence-electron chi connectivity index (χ4n) is 4.79. The van der Waals surface area contributed by atoms with Gasteiger partial charge >= 0.3 is 0 Å². The van der Waals surface area contributed by atoms with Gasteiger partial charge in [0.25, 0.3) is 5.91 Å². The van der Waals surface area contributed by atoms with E-state index >= 15 is 0 Å². The highest BCUT2D eigenvalue weighted by Crippen LogP contribution is 2.36. The Morgan fingerprint density at radius 2 is 1.82 bits per heavy atom. The molecule has 0 spiro atoms. The third kappa shape index (κ3) is 6.67. The molecule has 0 aromatic heterocycles. The lowest BCUT2D eigenvalue weighted by Gasteiger charge is -2.35. The van der Waals surface area contributed by atoms with E-state index in [1.165, 1.54) is 16.8 Å². The Hall–Kier alpha value is -1.70. The van der Waals surface area contributed by atoms with Crippen molar-refractivity contribution >= 4 is 31.9 Å². The van der Waals surface area contributed by atoms with Gasteiger partial charge in [0.2, 0.25) is 10.0 Å². The number of nitrogens with zero attached hydrogens (tertiary/aromatic N) is 1. The van der Waals surface area contributed by atoms with E-state index in [2.05, 4.69) is 42.0 Å². The second-order valence-corrected chi connectivity index (χ2v) is 12.7. The number of nitrogens with one attached hydrogen (secondary N) is 1. The second kappa shape index (κ2) is 11.2. The topological polar surface area (TPSA) is 66.5 Å². The molecule has 1 saturated carbocycles. The highest BCUT2D eigenvalue weighted by molar-refractivity contribution is 9.10. The molecule has 2 aromatic rings. The monoisotopic (exact) mass is 534 g/mol. The molecule has 33 heavy (non-hydrogen) atoms. The summed E-state index contributed by atoms with van der Waals surface area (Å²) >= 11 is 3.36. The molecular formula is C26H35BrN2O3S. The number of hydrogen-bond acceptors (Lipinski definition) is 3. The van der Waals surface area contributed by atoms with E-state index in [0.29, 0.717) is 40.3 Å². The molecule has 2 aromatic carbocycles. The maximum atomic E-state index is 13.2. The Morgan fingerprint density at radius 3 is 2.48 bits per heavy atom. The minimum atomic E-state index is -3.78. The molecular weight excluding hydrogens is 500 g/mol. The van der Waals surface area contributed by atoms with Crippen molar-refractivity contribution in [1.82, 2.24) is 9.62 Å². The van der Waals surface area contributed by atoms with Gasteiger partial charge < -0.3 is 5.32 Å². The summed E-state index contributed by atoms with van der Waals surface area (Å²) < 4.78 is 28.2. The summed E-state index contributed by atoms with van der Waals surface area (Å²) in [4.78, 5) is 13.0. The Kier molecular flexibility index (Phi) is 8.76. The summed E-state index contributed by atoms with van der Waals surface area (Å²) in [5.74, 6) is 2.24. The van der Waals surface area contributed by atoms with Gasteiger partial charge in [-0.1, -0.05) is 51.1 Å². The number of benzene rings is 2. The van der Waals surface area contributed by atoms with E-state index < -0.39 is 10.0 Å². The Labute approximate surface area is 207 Å². The quantitative estimate of drug-likeness (QED) is 0.471. The molecule has 0 unspecified atom stereocenters. The minimum absolute atomic E-state index is 0.0970. The van der Waals surface area contributed by atoms with Crippen LogP contribution >= 0.6 is 15.9 Å². The van der Waals surface area contributed by atoms with Crippen molar-refractivity contribution < 1.29 is 13.2 Å². The van der Waals surface area contributed by atoms with Crippen LogP contribution in [-0.4, -0.2) is 32.2 Å². The van der Waals surface area contributed by atoms with Gasteiger partial charge in [0.15, 0.2) is 0 Å². The largest absolute Gasteiger partial charge is 0.352 e. The number of rotatable bonds is 8. The Bertz CT molecular complexity index is 1060. The first-order valence-corrected chi connectivity index (χ1v) is 13.9. The summed E-state index contributed by atoms with van der Waals surface area (Å²) in [5, 5.41) is 3.05. The van der Waals surface area contributed by atoms with Crippen LogP contribution in [0, 0.1) is 23.7 Å². The summed E-state index contributed by atoms with van der Waals surface area (Å²) in [6, 6.07) is 14.2. The van der Waals surface area contributed by atoms with E-state index in [4.69, 9.17) is 0 Å². The maximum Gasteiger partial charge on any atom is 0.251 e. The summed E-state index contributed by atoms with van der Waals surface area (Å²) in [6.07, 6.45) is 3.51. The van der Waals surface area contributed by atoms with Crippen molar-refractivity contribution in [3.05, 3.63) is 64.1 Å². The molecule has 1 fully saturated rings. The Morgan fingerprint density at radius 1 is 1.12 bits per heavy atom. The zero-order valence-electron chi connectivity index (χ0n) is 19.9. The molecule has 0 radical (unpaired) electrons. The van der Waals surface area contributed by atoms with Crippen LogP contribution in [0.25, 0.3) is 0 Å². The highest BCUT2D eigenvalue weighted by atomic mass is 79.9. The highest BCUT2D eigenvalue weighted by Gasteiger charge is 2.29. The second-order valence-electron chi connectivity index (χ2n) is 9.78. The van der Waals surface area contributed by atoms with Gasteiger partial charge in [-0.25, -0.2) is 8.42 Å². The zero-order chi connectivity index (χ0) is 24.2. The standard InChI is InChI=1S/C26H35BrN2O3S/c1-18(2)23-13-19(3)12-21(14-23)16-28-26(30)22-10-11-24(27)25(15-22)33(31,32)29(4)17-20-8-6-5-7-9-20/h5-11,15,18-19,21,23H,12-14,16-17H2,1-4H3,(H,28,30)/t19-,21+,23-/m0/s1. The van der Waals surface area contributed by atoms with Gasteiger partial charge in [0, 0.05) is 30.2 Å². The van der Waals surface area contributed by atoms with Crippen LogP contribution in [0.1, 0.15) is 56.0 Å². The number of sulfonamides is 1. The number of carbonyl (C=O) groups is 1. The Balaban J connectivity index is 1.70. The lowest BCUT2D eigenvalue weighted by atomic mass is 9.72. The van der Waals surface area contributed by atoms with E-state index in [9.17, 15) is 13.2 Å². The summed E-state index contributed by atoms with van der Waals surface area (Å²) in [7, 11) is -2.22. The normalized spacial score (nSPS) is 21.4. The number of amides is 1. The van der Waals surface area contributed by atoms with E-state index in [1.807, 2.05) is 30.3 Å². The average molecular weight is 536 g/mol. The molecule has 3 rings (SSSR count). The number of carbonyl (C=O) groups excluding carboxylic acids is 1. The molecule has 5 nitrogen and oxygen atoms in total. The molecule has 1 aliphatic carbocycles. The molecule has 0 heterocycles. The third-order valence-electron chi connectivity index (χ3n) is 6.70. The first-order chi connectivity index (χ1) is 15.6. The van der Waals surface area contributed by atoms with Gasteiger partial charge in [0.05, 0.1) is 4.90 Å². The SMILES string of the molecule is CC(C)[C@H]1C[C@@H](C)C[C@@H](CNC(=O)c2ccc(Br)c(S(=O)(=O)N(C)Cc3ccccc3)c2)C1. The van der Waals surface area contributed by atoms with E-state index in [-0.39, 0.29) is 17.3 Å². The van der Waals surface area contributed by atoms with Crippen molar-refractivity contribution in [2.24, 2.45) is 23.7 Å². The molecule has 3 atom stereocenters. The minimum Gasteiger partial charge on any atom is -0.352 e. The third-order valence-corrected chi connectivity index (χ3v) is 9.50. The van der Waals surface area contributed by atoms with Crippen LogP contribution in [0.5, 0.6) is 0 Å². The zero-order valence-corrected chi connectivity index (χ0v) is 22.3. The average Bonchev–Trinajstić information content (AvgIpc) is 2.78. The molecule has 0 saturated heterocycles. The summed E-state index contributed by atoms with van der Waals surface area (Å²) in [6.45, 7) is 7.72. The van der Waals surface area contributed by atoms with Crippen LogP contribution < -0.4 is 5.32 Å². The molecule has 1 N–H and O–H groups in total. The molecule has 0 bridgehead atoms. The van der Waals surface area contributed by atoms with Crippen molar-refractivity contribution in [3.63, 3.8) is 0 Å². The van der Waals surface area contributed by atoms with Gasteiger partial charge in [-0.05, 0) is 82.6 Å². The summed E-state index contributed by atoms with van der Waals surface area (Å²) in [5.41, 5.74) is 1.25. The lowest BCUT2D eigenvalue weighted by Crippen LogP contribution is -2.34. The molecule has 0 aliphatic heterocycles. The van der Waals surface area contributed by atoms with Crippen molar-refractivity contribution in [3.8, 4) is 0 Å². The van der Waals surface area contributed by atoms with Crippen molar-refractivity contribution in [1.29, 1.82) is 0 Å². The van der Waals surface area contributed by atoms with E-state index in [0.717, 1.165) is 18.4 Å². The molecule has 7 heteroatoms. The first kappa shape index (κ1) is 25.9. The van der Waals surface area contributed by atoms with Crippen LogP contribution in [0.3, 0.4) is 0 Å². The maximum absolute atomic E-state index is 13.2. The smallest absolute Gasteiger partial charge is 0.251 e. The van der Waals surface area contributed by atoms with Crippen molar-refractivity contribution in [2.45, 2.75) is 51.5 Å². The fourth-order valence-corrected chi connectivity index (χ4v) is 6.89. The van der Waals surface area contributed by atoms with Gasteiger partial charge in [-0.2, -0.15) is 4.31 Å². The van der Waals surface area contributed by atoms with Crippen LogP contribution in [0.2, 0.25) is 0 Å². The molecule has 1 amide bonds. The van der Waals surface area contributed by atoms with Crippen LogP contribution in [0.4, 0.5) is 0 Å². The number of halogens is 1. The lowest BCUT2D eigenvalue weighted by molar-refractivity contribution is 0.0927. The fraction of sp³-hybridized carbons (Fsp3) is 0.500.